The molecule has 0 aromatic carbocycles. The van der Waals surface area contributed by atoms with E-state index in [9.17, 15) is 0 Å². The first kappa shape index (κ1) is 43.1. The lowest BCUT2D eigenvalue weighted by atomic mass is 9.64. The van der Waals surface area contributed by atoms with Crippen LogP contribution in [0, 0.1) is 39.4 Å². The fraction of sp³-hybridized carbons (Fsp3) is 0.951. The zero-order chi connectivity index (χ0) is 36.5. The molecule has 0 radical (unpaired) electrons. The van der Waals surface area contributed by atoms with Gasteiger partial charge in [-0.25, -0.2) is 4.68 Å². The maximum atomic E-state index is 6.86. The molecule has 0 bridgehead atoms. The smallest absolute Gasteiger partial charge is 0.0883 e. The molecule has 272 valence electrons. The first-order chi connectivity index (χ1) is 20.3. The Morgan fingerprint density at radius 2 is 1.26 bits per heavy atom. The molecular weight excluding hydrogens is 566 g/mol. The van der Waals surface area contributed by atoms with Crippen LogP contribution in [0.5, 0.6) is 0 Å². The standard InChI is InChI=1S/C41H81N3O2/c1-23-31(5)35(9,10)28-36(11,12)33-27-44(43-42-33)39(17,18)38(15,16)41(21,22)45-25-24-37(13,14)40(19,20)46-32(6)30(4)26-34(7,8)29(2)3/h27,29-32H,23-26,28H2,1-22H3. The first-order valence-corrected chi connectivity index (χ1v) is 18.6. The van der Waals surface area contributed by atoms with Crippen molar-refractivity contribution in [3.8, 4) is 0 Å². The van der Waals surface area contributed by atoms with E-state index in [0.29, 0.717) is 29.8 Å². The molecule has 3 unspecified atom stereocenters. The molecule has 0 amide bonds. The van der Waals surface area contributed by atoms with Gasteiger partial charge in [-0.15, -0.1) is 5.10 Å². The summed E-state index contributed by atoms with van der Waals surface area (Å²) in [5.74, 6) is 1.78. The van der Waals surface area contributed by atoms with E-state index in [-0.39, 0.29) is 38.9 Å². The van der Waals surface area contributed by atoms with E-state index in [1.807, 2.05) is 0 Å². The molecule has 0 saturated heterocycles. The maximum Gasteiger partial charge on any atom is 0.0883 e. The van der Waals surface area contributed by atoms with Crippen LogP contribution < -0.4 is 0 Å². The summed E-state index contributed by atoms with van der Waals surface area (Å²) in [6, 6.07) is 0. The molecule has 5 nitrogen and oxygen atoms in total. The summed E-state index contributed by atoms with van der Waals surface area (Å²) in [4.78, 5) is 0. The molecular formula is C41H81N3O2. The minimum atomic E-state index is -0.415. The Kier molecular flexibility index (Phi) is 13.6. The third-order valence-electron chi connectivity index (χ3n) is 14.2. The summed E-state index contributed by atoms with van der Waals surface area (Å²) < 4.78 is 15.8. The number of hydrogen-bond donors (Lipinski definition) is 0. The van der Waals surface area contributed by atoms with Crippen LogP contribution in [0.25, 0.3) is 0 Å². The Morgan fingerprint density at radius 3 is 1.74 bits per heavy atom. The Hall–Kier alpha value is -0.940. The normalized spacial score (nSPS) is 17.0. The summed E-state index contributed by atoms with van der Waals surface area (Å²) in [6.45, 7) is 51.6. The van der Waals surface area contributed by atoms with Gasteiger partial charge in [0, 0.05) is 23.6 Å². The minimum Gasteiger partial charge on any atom is -0.375 e. The highest BCUT2D eigenvalue weighted by Crippen LogP contribution is 2.49. The summed E-state index contributed by atoms with van der Waals surface area (Å²) in [6.07, 6.45) is 6.69. The number of rotatable bonds is 19. The number of ether oxygens (including phenoxy) is 2. The average Bonchev–Trinajstić information content (AvgIpc) is 3.39. The van der Waals surface area contributed by atoms with Crippen molar-refractivity contribution in [3.05, 3.63) is 11.9 Å². The Morgan fingerprint density at radius 1 is 0.739 bits per heavy atom. The van der Waals surface area contributed by atoms with Gasteiger partial charge in [0.2, 0.25) is 0 Å². The predicted molar refractivity (Wildman–Crippen MR) is 199 cm³/mol. The number of nitrogens with zero attached hydrogens (tertiary/aromatic N) is 3. The topological polar surface area (TPSA) is 49.2 Å². The van der Waals surface area contributed by atoms with Gasteiger partial charge in [-0.05, 0) is 102 Å². The molecule has 0 fully saturated rings. The van der Waals surface area contributed by atoms with E-state index in [1.165, 1.54) is 6.42 Å². The molecule has 1 heterocycles. The second-order valence-corrected chi connectivity index (χ2v) is 20.2. The third-order valence-corrected chi connectivity index (χ3v) is 14.2. The zero-order valence-corrected chi connectivity index (χ0v) is 35.1. The van der Waals surface area contributed by atoms with Gasteiger partial charge in [-0.2, -0.15) is 0 Å². The highest BCUT2D eigenvalue weighted by molar-refractivity contribution is 5.13. The van der Waals surface area contributed by atoms with E-state index in [0.717, 1.165) is 25.0 Å². The van der Waals surface area contributed by atoms with Gasteiger partial charge in [-0.1, -0.05) is 115 Å². The van der Waals surface area contributed by atoms with Crippen molar-refractivity contribution in [3.63, 3.8) is 0 Å². The van der Waals surface area contributed by atoms with Crippen LogP contribution >= 0.6 is 0 Å². The molecule has 0 spiro atoms. The highest BCUT2D eigenvalue weighted by Gasteiger charge is 2.51. The van der Waals surface area contributed by atoms with Gasteiger partial charge in [0.1, 0.15) is 0 Å². The van der Waals surface area contributed by atoms with Crippen LogP contribution in [0.15, 0.2) is 6.20 Å². The number of aromatic nitrogens is 3. The fourth-order valence-corrected chi connectivity index (χ4v) is 6.84. The summed E-state index contributed by atoms with van der Waals surface area (Å²) >= 11 is 0. The van der Waals surface area contributed by atoms with Gasteiger partial charge in [-0.3, -0.25) is 0 Å². The van der Waals surface area contributed by atoms with Gasteiger partial charge in [0.25, 0.3) is 0 Å². The second kappa shape index (κ2) is 14.5. The lowest BCUT2D eigenvalue weighted by molar-refractivity contribution is -0.173. The summed E-state index contributed by atoms with van der Waals surface area (Å²) in [5.41, 5.74) is 0.141. The van der Waals surface area contributed by atoms with Crippen molar-refractivity contribution >= 4 is 0 Å². The van der Waals surface area contributed by atoms with Crippen molar-refractivity contribution in [2.24, 2.45) is 39.4 Å². The molecule has 0 aliphatic rings. The highest BCUT2D eigenvalue weighted by atomic mass is 16.5. The molecule has 46 heavy (non-hydrogen) atoms. The van der Waals surface area contributed by atoms with E-state index < -0.39 is 5.60 Å². The average molecular weight is 648 g/mol. The third kappa shape index (κ3) is 9.60. The maximum absolute atomic E-state index is 6.86. The summed E-state index contributed by atoms with van der Waals surface area (Å²) in [7, 11) is 0. The van der Waals surface area contributed by atoms with E-state index >= 15 is 0 Å². The van der Waals surface area contributed by atoms with Crippen LogP contribution in [-0.4, -0.2) is 38.9 Å². The lowest BCUT2D eigenvalue weighted by Crippen LogP contribution is -2.56. The quantitative estimate of drug-likeness (QED) is 0.150. The Balaban J connectivity index is 3.05. The van der Waals surface area contributed by atoms with E-state index in [2.05, 4.69) is 163 Å². The van der Waals surface area contributed by atoms with Crippen LogP contribution in [0.4, 0.5) is 0 Å². The molecule has 1 aromatic heterocycles. The molecule has 5 heteroatoms. The van der Waals surface area contributed by atoms with Gasteiger partial charge in [0.05, 0.1) is 28.5 Å². The molecule has 1 aromatic rings. The molecule has 1 rings (SSSR count). The molecule has 0 N–H and O–H groups in total. The zero-order valence-electron chi connectivity index (χ0n) is 35.1. The van der Waals surface area contributed by atoms with Crippen LogP contribution in [0.3, 0.4) is 0 Å². The van der Waals surface area contributed by atoms with Crippen LogP contribution in [0.2, 0.25) is 0 Å². The Bertz CT molecular complexity index is 1090. The van der Waals surface area contributed by atoms with Crippen molar-refractivity contribution in [2.45, 2.75) is 206 Å². The van der Waals surface area contributed by atoms with Gasteiger partial charge in [0.15, 0.2) is 0 Å². The van der Waals surface area contributed by atoms with Crippen molar-refractivity contribution in [2.75, 3.05) is 6.61 Å². The molecule has 0 saturated carbocycles. The van der Waals surface area contributed by atoms with Crippen molar-refractivity contribution < 1.29 is 9.47 Å². The minimum absolute atomic E-state index is 0.0697. The largest absolute Gasteiger partial charge is 0.375 e. The number of hydrogen-bond acceptors (Lipinski definition) is 4. The predicted octanol–water partition coefficient (Wildman–Crippen LogP) is 11.9. The fourth-order valence-electron chi connectivity index (χ4n) is 6.84. The monoisotopic (exact) mass is 648 g/mol. The summed E-state index contributed by atoms with van der Waals surface area (Å²) in [5, 5.41) is 9.51. The lowest BCUT2D eigenvalue weighted by Gasteiger charge is -2.51. The molecule has 3 atom stereocenters. The van der Waals surface area contributed by atoms with E-state index in [4.69, 9.17) is 19.8 Å². The molecule has 0 aliphatic heterocycles. The van der Waals surface area contributed by atoms with Crippen LogP contribution in [0.1, 0.15) is 184 Å². The van der Waals surface area contributed by atoms with E-state index in [1.54, 1.807) is 0 Å². The van der Waals surface area contributed by atoms with Gasteiger partial charge >= 0.3 is 0 Å². The van der Waals surface area contributed by atoms with Crippen LogP contribution in [-0.2, 0) is 20.4 Å². The SMILES string of the molecule is CCC(C)C(C)(C)CC(C)(C)c1cn(C(C)(C)C(C)(C)C(C)(C)OCCC(C)(C)C(C)(C)OC(C)C(C)CC(C)(C)C(C)C)nn1. The first-order valence-electron chi connectivity index (χ1n) is 18.6. The van der Waals surface area contributed by atoms with Crippen molar-refractivity contribution in [1.82, 2.24) is 15.0 Å². The van der Waals surface area contributed by atoms with Gasteiger partial charge < -0.3 is 9.47 Å². The Labute approximate surface area is 288 Å². The van der Waals surface area contributed by atoms with Crippen molar-refractivity contribution in [1.29, 1.82) is 0 Å². The second-order valence-electron chi connectivity index (χ2n) is 20.2. The molecule has 0 aliphatic carbocycles.